The third-order valence-corrected chi connectivity index (χ3v) is 5.68. The normalized spacial score (nSPS) is 12.8. The van der Waals surface area contributed by atoms with Crippen molar-refractivity contribution < 1.29 is 19.1 Å². The van der Waals surface area contributed by atoms with E-state index in [4.69, 9.17) is 4.74 Å². The highest BCUT2D eigenvalue weighted by molar-refractivity contribution is 7.18. The van der Waals surface area contributed by atoms with Crippen LogP contribution in [0.2, 0.25) is 0 Å². The Balaban J connectivity index is 1.46. The molecule has 0 radical (unpaired) electrons. The Bertz CT molecular complexity index is 1110. The van der Waals surface area contributed by atoms with E-state index >= 15 is 0 Å². The maximum Gasteiger partial charge on any atom is 0.265 e. The van der Waals surface area contributed by atoms with Gasteiger partial charge in [0.1, 0.15) is 5.75 Å². The van der Waals surface area contributed by atoms with Gasteiger partial charge in [0.15, 0.2) is 17.5 Å². The molecule has 152 valence electrons. The topological polar surface area (TPSA) is 88.6 Å². The van der Waals surface area contributed by atoms with Crippen LogP contribution in [-0.2, 0) is 9.59 Å². The molecule has 2 amide bonds. The lowest BCUT2D eigenvalue weighted by molar-refractivity contribution is -0.121. The maximum absolute atomic E-state index is 12.5. The van der Waals surface area contributed by atoms with Crippen molar-refractivity contribution in [3.8, 4) is 17.0 Å². The first-order valence-electron chi connectivity index (χ1n) is 9.42. The Morgan fingerprint density at radius 2 is 1.87 bits per heavy atom. The second kappa shape index (κ2) is 8.46. The summed E-state index contributed by atoms with van der Waals surface area (Å²) in [6.07, 6.45) is 0.0930. The fourth-order valence-electron chi connectivity index (χ4n) is 3.20. The van der Waals surface area contributed by atoms with Crippen LogP contribution in [0.3, 0.4) is 0 Å². The van der Waals surface area contributed by atoms with Crippen LogP contribution in [0.15, 0.2) is 54.6 Å². The number of hydrogen-bond acceptors (Lipinski definition) is 6. The molecule has 0 atom stereocenters. The molecule has 0 aliphatic carbocycles. The van der Waals surface area contributed by atoms with E-state index in [-0.39, 0.29) is 37.2 Å². The molecule has 4 rings (SSSR count). The molecule has 0 saturated heterocycles. The number of nitrogens with one attached hydrogen (secondary N) is 1. The number of para-hydroxylation sites is 2. The summed E-state index contributed by atoms with van der Waals surface area (Å²) in [5.74, 6) is 0.0367. The number of benzene rings is 2. The number of fused-ring (bicyclic) bond motifs is 1. The molecule has 1 aromatic heterocycles. The summed E-state index contributed by atoms with van der Waals surface area (Å²) in [6.45, 7) is 1.65. The third kappa shape index (κ3) is 4.08. The van der Waals surface area contributed by atoms with Crippen molar-refractivity contribution in [1.82, 2.24) is 4.98 Å². The summed E-state index contributed by atoms with van der Waals surface area (Å²) >= 11 is 1.15. The summed E-state index contributed by atoms with van der Waals surface area (Å²) in [5, 5.41) is 3.11. The first-order chi connectivity index (χ1) is 14.5. The van der Waals surface area contributed by atoms with Gasteiger partial charge < -0.3 is 15.0 Å². The van der Waals surface area contributed by atoms with Crippen LogP contribution in [0, 0.1) is 0 Å². The SMILES string of the molecule is CC(=O)c1sc(NC(=O)CCN2C(=O)COc3ccccc32)nc1-c1ccccc1. The smallest absolute Gasteiger partial charge is 0.265 e. The summed E-state index contributed by atoms with van der Waals surface area (Å²) in [5.41, 5.74) is 2.02. The Kier molecular flexibility index (Phi) is 5.58. The summed E-state index contributed by atoms with van der Waals surface area (Å²) in [7, 11) is 0. The molecule has 0 saturated carbocycles. The summed E-state index contributed by atoms with van der Waals surface area (Å²) in [6, 6.07) is 16.6. The second-order valence-electron chi connectivity index (χ2n) is 6.72. The molecule has 0 bridgehead atoms. The van der Waals surface area contributed by atoms with E-state index in [0.717, 1.165) is 16.9 Å². The van der Waals surface area contributed by atoms with Gasteiger partial charge in [-0.05, 0) is 12.1 Å². The average Bonchev–Trinajstić information content (AvgIpc) is 3.18. The maximum atomic E-state index is 12.5. The zero-order chi connectivity index (χ0) is 21.1. The van der Waals surface area contributed by atoms with Gasteiger partial charge in [-0.25, -0.2) is 4.98 Å². The van der Waals surface area contributed by atoms with Crippen LogP contribution < -0.4 is 15.0 Å². The molecule has 7 nitrogen and oxygen atoms in total. The van der Waals surface area contributed by atoms with Crippen LogP contribution in [0.5, 0.6) is 5.75 Å². The number of rotatable bonds is 6. The third-order valence-electron chi connectivity index (χ3n) is 4.61. The number of carbonyl (C=O) groups excluding carboxylic acids is 3. The quantitative estimate of drug-likeness (QED) is 0.612. The van der Waals surface area contributed by atoms with Crippen molar-refractivity contribution >= 4 is 39.8 Å². The van der Waals surface area contributed by atoms with E-state index in [1.807, 2.05) is 42.5 Å². The van der Waals surface area contributed by atoms with Gasteiger partial charge in [-0.1, -0.05) is 53.8 Å². The first-order valence-corrected chi connectivity index (χ1v) is 10.2. The van der Waals surface area contributed by atoms with E-state index in [1.54, 1.807) is 17.0 Å². The second-order valence-corrected chi connectivity index (χ2v) is 7.72. The van der Waals surface area contributed by atoms with Crippen LogP contribution in [-0.4, -0.2) is 35.7 Å². The number of nitrogens with zero attached hydrogens (tertiary/aromatic N) is 2. The highest BCUT2D eigenvalue weighted by Gasteiger charge is 2.25. The molecule has 1 aliphatic rings. The zero-order valence-corrected chi connectivity index (χ0v) is 17.1. The lowest BCUT2D eigenvalue weighted by Gasteiger charge is -2.29. The largest absolute Gasteiger partial charge is 0.482 e. The van der Waals surface area contributed by atoms with Crippen LogP contribution in [0.4, 0.5) is 10.8 Å². The average molecular weight is 421 g/mol. The number of anilines is 2. The predicted octanol–water partition coefficient (Wildman–Crippen LogP) is 3.77. The van der Waals surface area contributed by atoms with Gasteiger partial charge in [0.2, 0.25) is 5.91 Å². The Morgan fingerprint density at radius 3 is 2.63 bits per heavy atom. The van der Waals surface area contributed by atoms with E-state index < -0.39 is 0 Å². The van der Waals surface area contributed by atoms with Crippen molar-refractivity contribution in [2.45, 2.75) is 13.3 Å². The summed E-state index contributed by atoms with van der Waals surface area (Å²) in [4.78, 5) is 43.3. The first kappa shape index (κ1) is 19.8. The van der Waals surface area contributed by atoms with Crippen molar-refractivity contribution in [3.63, 3.8) is 0 Å². The minimum Gasteiger partial charge on any atom is -0.482 e. The van der Waals surface area contributed by atoms with E-state index in [1.165, 1.54) is 6.92 Å². The molecule has 30 heavy (non-hydrogen) atoms. The minimum absolute atomic E-state index is 0.0481. The van der Waals surface area contributed by atoms with Gasteiger partial charge in [-0.15, -0.1) is 0 Å². The molecule has 2 aromatic carbocycles. The number of carbonyl (C=O) groups is 3. The van der Waals surface area contributed by atoms with Gasteiger partial charge in [-0.3, -0.25) is 14.4 Å². The van der Waals surface area contributed by atoms with E-state index in [2.05, 4.69) is 10.3 Å². The molecule has 8 heteroatoms. The fourth-order valence-corrected chi connectivity index (χ4v) is 4.10. The highest BCUT2D eigenvalue weighted by Crippen LogP contribution is 2.33. The number of ketones is 1. The van der Waals surface area contributed by atoms with Gasteiger partial charge in [0.05, 0.1) is 16.3 Å². The van der Waals surface area contributed by atoms with Crippen molar-refractivity contribution in [3.05, 3.63) is 59.5 Å². The summed E-state index contributed by atoms with van der Waals surface area (Å²) < 4.78 is 5.42. The van der Waals surface area contributed by atoms with Gasteiger partial charge in [0.25, 0.3) is 5.91 Å². The number of hydrogen-bond donors (Lipinski definition) is 1. The van der Waals surface area contributed by atoms with E-state index in [9.17, 15) is 14.4 Å². The highest BCUT2D eigenvalue weighted by atomic mass is 32.1. The minimum atomic E-state index is -0.282. The van der Waals surface area contributed by atoms with Crippen molar-refractivity contribution in [2.24, 2.45) is 0 Å². The Labute approximate surface area is 177 Å². The lowest BCUT2D eigenvalue weighted by Crippen LogP contribution is -2.40. The number of ether oxygens (including phenoxy) is 1. The number of thiazole rings is 1. The van der Waals surface area contributed by atoms with Gasteiger partial charge in [-0.2, -0.15) is 0 Å². The molecule has 0 spiro atoms. The number of Topliss-reactive ketones (excluding diaryl/α,β-unsaturated/α-hetero) is 1. The van der Waals surface area contributed by atoms with Crippen LogP contribution in [0.1, 0.15) is 23.0 Å². The molecule has 1 aliphatic heterocycles. The van der Waals surface area contributed by atoms with Gasteiger partial charge >= 0.3 is 0 Å². The van der Waals surface area contributed by atoms with Gasteiger partial charge in [0, 0.05) is 25.5 Å². The number of aromatic nitrogens is 1. The van der Waals surface area contributed by atoms with Crippen molar-refractivity contribution in [2.75, 3.05) is 23.4 Å². The van der Waals surface area contributed by atoms with E-state index in [0.29, 0.717) is 27.1 Å². The Hall–Kier alpha value is -3.52. The fraction of sp³-hybridized carbons (Fsp3) is 0.182. The molecule has 0 fully saturated rings. The molecule has 3 aromatic rings. The molecular weight excluding hydrogens is 402 g/mol. The predicted molar refractivity (Wildman–Crippen MR) is 115 cm³/mol. The monoisotopic (exact) mass is 421 g/mol. The molecule has 0 unspecified atom stereocenters. The van der Waals surface area contributed by atoms with Crippen LogP contribution in [0.25, 0.3) is 11.3 Å². The molecular formula is C22H19N3O4S. The van der Waals surface area contributed by atoms with Crippen LogP contribution >= 0.6 is 11.3 Å². The number of amides is 2. The molecule has 2 heterocycles. The standard InChI is InChI=1S/C22H19N3O4S/c1-14(26)21-20(15-7-3-2-4-8-15)24-22(30-21)23-18(27)11-12-25-16-9-5-6-10-17(16)29-13-19(25)28/h2-10H,11-13H2,1H3,(H,23,24,27). The zero-order valence-electron chi connectivity index (χ0n) is 16.3. The molecule has 1 N–H and O–H groups in total. The Morgan fingerprint density at radius 1 is 1.13 bits per heavy atom. The van der Waals surface area contributed by atoms with Crippen molar-refractivity contribution in [1.29, 1.82) is 0 Å². The lowest BCUT2D eigenvalue weighted by atomic mass is 10.1.